The maximum absolute atomic E-state index is 10.9. The SMILES string of the molecule is Cc1cc(C)n([C@H]2[C@@H]3OC[C@@H](O3)[C@@H](NCCC(C)(C)C)[C@@H]2O)n1. The van der Waals surface area contributed by atoms with Gasteiger partial charge in [-0.1, -0.05) is 20.8 Å². The van der Waals surface area contributed by atoms with Gasteiger partial charge < -0.3 is 19.9 Å². The van der Waals surface area contributed by atoms with E-state index < -0.39 is 12.4 Å². The molecule has 6 heteroatoms. The first-order chi connectivity index (χ1) is 10.8. The van der Waals surface area contributed by atoms with Gasteiger partial charge in [0.1, 0.15) is 12.1 Å². The molecule has 0 aromatic carbocycles. The van der Waals surface area contributed by atoms with Gasteiger partial charge in [0.25, 0.3) is 0 Å². The summed E-state index contributed by atoms with van der Waals surface area (Å²) in [4.78, 5) is 0. The number of nitrogens with zero attached hydrogens (tertiary/aromatic N) is 2. The number of ether oxygens (including phenoxy) is 2. The zero-order valence-corrected chi connectivity index (χ0v) is 14.7. The number of aliphatic hydroxyl groups excluding tert-OH is 1. The van der Waals surface area contributed by atoms with Gasteiger partial charge in [-0.05, 0) is 38.3 Å². The van der Waals surface area contributed by atoms with Gasteiger partial charge in [-0.3, -0.25) is 4.68 Å². The summed E-state index contributed by atoms with van der Waals surface area (Å²) in [5.74, 6) is 0. The molecule has 0 saturated carbocycles. The molecule has 3 heterocycles. The first-order valence-electron chi connectivity index (χ1n) is 8.47. The van der Waals surface area contributed by atoms with Crippen LogP contribution in [-0.2, 0) is 9.47 Å². The number of rotatable bonds is 4. The lowest BCUT2D eigenvalue weighted by atomic mass is 9.91. The molecule has 130 valence electrons. The Bertz CT molecular complexity index is 552. The standard InChI is InChI=1S/C17H29N3O3/c1-10-8-11(2)20(19-10)14-15(21)13(12-9-22-16(14)23-12)18-7-6-17(3,4)5/h8,12-16,18,21H,6-7,9H2,1-5H3/t12-,13-,14-,15+,16-/m1/s1. The molecule has 2 aliphatic rings. The molecular weight excluding hydrogens is 294 g/mol. The largest absolute Gasteiger partial charge is 0.389 e. The molecule has 2 aliphatic heterocycles. The highest BCUT2D eigenvalue weighted by Gasteiger charge is 2.51. The van der Waals surface area contributed by atoms with Crippen molar-refractivity contribution in [1.29, 1.82) is 0 Å². The third-order valence-corrected chi connectivity index (χ3v) is 4.71. The third kappa shape index (κ3) is 3.45. The molecule has 1 aromatic heterocycles. The van der Waals surface area contributed by atoms with E-state index in [9.17, 15) is 5.11 Å². The van der Waals surface area contributed by atoms with Gasteiger partial charge in [0.2, 0.25) is 0 Å². The van der Waals surface area contributed by atoms with Crippen LogP contribution in [0.15, 0.2) is 6.07 Å². The second kappa shape index (κ2) is 6.16. The summed E-state index contributed by atoms with van der Waals surface area (Å²) < 4.78 is 13.6. The van der Waals surface area contributed by atoms with Crippen molar-refractivity contribution in [2.75, 3.05) is 13.2 Å². The number of hydrogen-bond donors (Lipinski definition) is 2. The Morgan fingerprint density at radius 2 is 2.13 bits per heavy atom. The minimum absolute atomic E-state index is 0.0943. The lowest BCUT2D eigenvalue weighted by molar-refractivity contribution is -0.168. The average Bonchev–Trinajstić information content (AvgIpc) is 2.99. The molecule has 0 spiro atoms. The number of aliphatic hydroxyl groups is 1. The normalized spacial score (nSPS) is 34.1. The van der Waals surface area contributed by atoms with Gasteiger partial charge in [-0.2, -0.15) is 5.10 Å². The lowest BCUT2D eigenvalue weighted by Gasteiger charge is -2.39. The van der Waals surface area contributed by atoms with Crippen molar-refractivity contribution in [3.8, 4) is 0 Å². The average molecular weight is 323 g/mol. The molecule has 23 heavy (non-hydrogen) atoms. The molecule has 0 amide bonds. The first-order valence-corrected chi connectivity index (χ1v) is 8.47. The number of nitrogens with one attached hydrogen (secondary N) is 1. The van der Waals surface area contributed by atoms with Crippen LogP contribution >= 0.6 is 0 Å². The zero-order valence-electron chi connectivity index (χ0n) is 14.7. The fourth-order valence-corrected chi connectivity index (χ4v) is 3.48. The highest BCUT2D eigenvalue weighted by molar-refractivity contribution is 5.10. The van der Waals surface area contributed by atoms with E-state index in [4.69, 9.17) is 9.47 Å². The Morgan fingerprint density at radius 1 is 1.39 bits per heavy atom. The van der Waals surface area contributed by atoms with Crippen LogP contribution in [0.25, 0.3) is 0 Å². The topological polar surface area (TPSA) is 68.5 Å². The Hall–Kier alpha value is -0.950. The van der Waals surface area contributed by atoms with Crippen molar-refractivity contribution in [3.05, 3.63) is 17.5 Å². The van der Waals surface area contributed by atoms with Crippen molar-refractivity contribution in [2.45, 2.75) is 71.6 Å². The van der Waals surface area contributed by atoms with E-state index in [-0.39, 0.29) is 23.6 Å². The summed E-state index contributed by atoms with van der Waals surface area (Å²) in [6, 6.07) is 1.56. The third-order valence-electron chi connectivity index (χ3n) is 4.71. The lowest BCUT2D eigenvalue weighted by Crippen LogP contribution is -2.58. The van der Waals surface area contributed by atoms with Gasteiger partial charge in [0.05, 0.1) is 24.4 Å². The van der Waals surface area contributed by atoms with E-state index in [0.717, 1.165) is 24.4 Å². The molecule has 0 unspecified atom stereocenters. The number of fused-ring (bicyclic) bond motifs is 2. The van der Waals surface area contributed by atoms with Gasteiger partial charge in [-0.25, -0.2) is 0 Å². The van der Waals surface area contributed by atoms with E-state index in [1.807, 2.05) is 24.6 Å². The summed E-state index contributed by atoms with van der Waals surface area (Å²) in [5.41, 5.74) is 2.21. The van der Waals surface area contributed by atoms with Gasteiger partial charge in [0.15, 0.2) is 6.29 Å². The molecule has 1 aromatic rings. The quantitative estimate of drug-likeness (QED) is 0.880. The van der Waals surface area contributed by atoms with Crippen LogP contribution < -0.4 is 5.32 Å². The first kappa shape index (κ1) is 16.9. The molecule has 2 N–H and O–H groups in total. The molecule has 6 nitrogen and oxygen atoms in total. The summed E-state index contributed by atoms with van der Waals surface area (Å²) in [6.45, 7) is 12.0. The van der Waals surface area contributed by atoms with E-state index in [1.54, 1.807) is 0 Å². The van der Waals surface area contributed by atoms with Crippen LogP contribution in [0.3, 0.4) is 0 Å². The van der Waals surface area contributed by atoms with Gasteiger partial charge in [0, 0.05) is 5.69 Å². The molecular formula is C17H29N3O3. The predicted molar refractivity (Wildman–Crippen MR) is 87.2 cm³/mol. The predicted octanol–water partition coefficient (Wildman–Crippen LogP) is 1.55. The van der Waals surface area contributed by atoms with E-state index in [2.05, 4.69) is 31.2 Å². The molecule has 2 fully saturated rings. The smallest absolute Gasteiger partial charge is 0.183 e. The highest BCUT2D eigenvalue weighted by atomic mass is 16.7. The molecule has 2 bridgehead atoms. The van der Waals surface area contributed by atoms with Crippen LogP contribution in [0.1, 0.15) is 44.6 Å². The minimum Gasteiger partial charge on any atom is -0.389 e. The molecule has 3 rings (SSSR count). The molecule has 0 aliphatic carbocycles. The van der Waals surface area contributed by atoms with Gasteiger partial charge >= 0.3 is 0 Å². The monoisotopic (exact) mass is 323 g/mol. The zero-order chi connectivity index (χ0) is 16.8. The van der Waals surface area contributed by atoms with Crippen LogP contribution in [-0.4, -0.2) is 52.6 Å². The van der Waals surface area contributed by atoms with Crippen molar-refractivity contribution in [1.82, 2.24) is 15.1 Å². The minimum atomic E-state index is -0.584. The van der Waals surface area contributed by atoms with Crippen molar-refractivity contribution >= 4 is 0 Å². The van der Waals surface area contributed by atoms with Crippen LogP contribution in [0, 0.1) is 19.3 Å². The number of aryl methyl sites for hydroxylation is 2. The molecule has 2 saturated heterocycles. The highest BCUT2D eigenvalue weighted by Crippen LogP contribution is 2.36. The summed E-state index contributed by atoms with van der Waals surface area (Å²) in [6.07, 6.45) is -0.0614. The maximum atomic E-state index is 10.9. The second-order valence-electron chi connectivity index (χ2n) is 8.02. The Morgan fingerprint density at radius 3 is 2.74 bits per heavy atom. The summed E-state index contributed by atoms with van der Waals surface area (Å²) in [7, 11) is 0. The number of aromatic nitrogens is 2. The summed E-state index contributed by atoms with van der Waals surface area (Å²) >= 11 is 0. The molecule has 0 radical (unpaired) electrons. The van der Waals surface area contributed by atoms with Crippen LogP contribution in [0.4, 0.5) is 0 Å². The van der Waals surface area contributed by atoms with Crippen molar-refractivity contribution in [3.63, 3.8) is 0 Å². The van der Waals surface area contributed by atoms with Crippen molar-refractivity contribution in [2.24, 2.45) is 5.41 Å². The van der Waals surface area contributed by atoms with Crippen molar-refractivity contribution < 1.29 is 14.6 Å². The van der Waals surface area contributed by atoms with E-state index >= 15 is 0 Å². The Kier molecular flexibility index (Phi) is 4.53. The van der Waals surface area contributed by atoms with Gasteiger partial charge in [-0.15, -0.1) is 0 Å². The van der Waals surface area contributed by atoms with Crippen LogP contribution in [0.5, 0.6) is 0 Å². The fraction of sp³-hybridized carbons (Fsp3) is 0.824. The Labute approximate surface area is 138 Å². The second-order valence-corrected chi connectivity index (χ2v) is 8.02. The summed E-state index contributed by atoms with van der Waals surface area (Å²) in [5, 5.41) is 19.0. The number of hydrogen-bond acceptors (Lipinski definition) is 5. The van der Waals surface area contributed by atoms with Crippen LogP contribution in [0.2, 0.25) is 0 Å². The Balaban J connectivity index is 1.75. The van der Waals surface area contributed by atoms with E-state index in [1.165, 1.54) is 0 Å². The molecule has 5 atom stereocenters. The maximum Gasteiger partial charge on any atom is 0.183 e. The van der Waals surface area contributed by atoms with E-state index in [0.29, 0.717) is 6.61 Å². The fourth-order valence-electron chi connectivity index (χ4n) is 3.48.